The summed E-state index contributed by atoms with van der Waals surface area (Å²) in [5.41, 5.74) is 1.98. The Morgan fingerprint density at radius 1 is 0.628 bits per heavy atom. The zero-order valence-electron chi connectivity index (χ0n) is 25.8. The highest BCUT2D eigenvalue weighted by molar-refractivity contribution is 5.91. The van der Waals surface area contributed by atoms with E-state index in [1.807, 2.05) is 36.4 Å². The van der Waals surface area contributed by atoms with Crippen molar-refractivity contribution in [2.24, 2.45) is 5.41 Å². The molecule has 7 heteroatoms. The van der Waals surface area contributed by atoms with Crippen LogP contribution in [-0.2, 0) is 4.74 Å². The monoisotopic (exact) mass is 592 g/mol. The smallest absolute Gasteiger partial charge is 0.343 e. The zero-order valence-corrected chi connectivity index (χ0v) is 25.8. The van der Waals surface area contributed by atoms with Crippen LogP contribution >= 0.6 is 0 Å². The fraction of sp³-hybridized carbons (Fsp3) is 0.472. The highest BCUT2D eigenvalue weighted by Crippen LogP contribution is 2.25. The Kier molecular flexibility index (Phi) is 15.1. The lowest BCUT2D eigenvalue weighted by Crippen LogP contribution is -2.31. The molecule has 0 saturated carbocycles. The molecule has 3 rings (SSSR count). The summed E-state index contributed by atoms with van der Waals surface area (Å²) in [6, 6.07) is 22.5. The normalized spacial score (nSPS) is 11.3. The highest BCUT2D eigenvalue weighted by atomic mass is 16.5. The fourth-order valence-corrected chi connectivity index (χ4v) is 4.34. The topological polar surface area (TPSA) is 94.5 Å². The summed E-state index contributed by atoms with van der Waals surface area (Å²) in [6.07, 6.45) is 8.62. The van der Waals surface area contributed by atoms with Crippen LogP contribution in [0.4, 0.5) is 0 Å². The van der Waals surface area contributed by atoms with E-state index in [0.29, 0.717) is 37.7 Å². The first kappa shape index (κ1) is 34.1. The van der Waals surface area contributed by atoms with Crippen molar-refractivity contribution in [3.8, 4) is 28.4 Å². The average Bonchev–Trinajstić information content (AvgIpc) is 3.04. The third kappa shape index (κ3) is 12.4. The number of unbranched alkanes of at least 4 members (excludes halogenated alkanes) is 6. The van der Waals surface area contributed by atoms with Gasteiger partial charge in [0.15, 0.2) is 0 Å². The molecule has 0 amide bonds. The van der Waals surface area contributed by atoms with Crippen LogP contribution in [0.5, 0.6) is 17.2 Å². The van der Waals surface area contributed by atoms with Crippen molar-refractivity contribution >= 4 is 5.97 Å². The van der Waals surface area contributed by atoms with Crippen molar-refractivity contribution in [1.29, 1.82) is 0 Å². The second kappa shape index (κ2) is 19.0. The quantitative estimate of drug-likeness (QED) is 0.0752. The molecular weight excluding hydrogens is 544 g/mol. The molecule has 2 N–H and O–H groups in total. The van der Waals surface area contributed by atoms with Gasteiger partial charge >= 0.3 is 5.97 Å². The number of hydrogen-bond donors (Lipinski definition) is 2. The van der Waals surface area contributed by atoms with Crippen LogP contribution in [0.1, 0.15) is 75.6 Å². The van der Waals surface area contributed by atoms with Crippen LogP contribution in [0, 0.1) is 5.41 Å². The second-order valence-corrected chi connectivity index (χ2v) is 11.3. The number of esters is 1. The minimum absolute atomic E-state index is 0.0858. The Morgan fingerprint density at radius 2 is 1.09 bits per heavy atom. The van der Waals surface area contributed by atoms with E-state index in [1.54, 1.807) is 43.3 Å². The first-order valence-corrected chi connectivity index (χ1v) is 15.5. The summed E-state index contributed by atoms with van der Waals surface area (Å²) in [5.74, 6) is 1.68. The van der Waals surface area contributed by atoms with E-state index < -0.39 is 11.4 Å². The fourth-order valence-electron chi connectivity index (χ4n) is 4.34. The summed E-state index contributed by atoms with van der Waals surface area (Å²) >= 11 is 0. The molecule has 3 aromatic rings. The van der Waals surface area contributed by atoms with Gasteiger partial charge in [0.05, 0.1) is 38.6 Å². The third-order valence-corrected chi connectivity index (χ3v) is 7.27. The van der Waals surface area contributed by atoms with Crippen LogP contribution in [-0.4, -0.2) is 55.8 Å². The van der Waals surface area contributed by atoms with Crippen LogP contribution in [0.25, 0.3) is 11.1 Å². The first-order chi connectivity index (χ1) is 21.0. The van der Waals surface area contributed by atoms with Crippen molar-refractivity contribution < 1.29 is 34.0 Å². The number of aliphatic hydroxyl groups is 2. The van der Waals surface area contributed by atoms with Crippen molar-refractivity contribution in [1.82, 2.24) is 0 Å². The third-order valence-electron chi connectivity index (χ3n) is 7.27. The summed E-state index contributed by atoms with van der Waals surface area (Å²) < 4.78 is 22.8. The Morgan fingerprint density at radius 3 is 1.60 bits per heavy atom. The molecule has 0 unspecified atom stereocenters. The van der Waals surface area contributed by atoms with Crippen LogP contribution < -0.4 is 14.2 Å². The summed E-state index contributed by atoms with van der Waals surface area (Å²) in [5, 5.41) is 18.6. The van der Waals surface area contributed by atoms with E-state index in [-0.39, 0.29) is 13.2 Å². The van der Waals surface area contributed by atoms with E-state index in [1.165, 1.54) is 19.3 Å². The number of benzene rings is 3. The molecule has 7 nitrogen and oxygen atoms in total. The molecule has 0 atom stereocenters. The number of hydrogen-bond acceptors (Lipinski definition) is 7. The maximum atomic E-state index is 12.6. The van der Waals surface area contributed by atoms with Crippen LogP contribution in [0.15, 0.2) is 72.8 Å². The SMILES string of the molecule is CCCCCCOc1ccc(C(=O)Oc2ccc(-c3ccc(OCCCCCCOCC(C)(CO)CO)cc3)cc2)cc1. The minimum Gasteiger partial charge on any atom is -0.494 e. The van der Waals surface area contributed by atoms with Crippen molar-refractivity contribution in [2.75, 3.05) is 39.6 Å². The van der Waals surface area contributed by atoms with Gasteiger partial charge in [0.2, 0.25) is 0 Å². The van der Waals surface area contributed by atoms with Gasteiger partial charge in [0.25, 0.3) is 0 Å². The van der Waals surface area contributed by atoms with Gasteiger partial charge < -0.3 is 29.2 Å². The molecule has 0 aliphatic heterocycles. The molecule has 0 aliphatic rings. The first-order valence-electron chi connectivity index (χ1n) is 15.5. The maximum absolute atomic E-state index is 12.6. The van der Waals surface area contributed by atoms with Gasteiger partial charge in [0.1, 0.15) is 17.2 Å². The number of carbonyl (C=O) groups is 1. The van der Waals surface area contributed by atoms with Crippen molar-refractivity contribution in [3.63, 3.8) is 0 Å². The molecule has 0 fully saturated rings. The van der Waals surface area contributed by atoms with Gasteiger partial charge in [-0.15, -0.1) is 0 Å². The number of ether oxygens (including phenoxy) is 4. The lowest BCUT2D eigenvalue weighted by Gasteiger charge is -2.24. The van der Waals surface area contributed by atoms with Gasteiger partial charge in [-0.25, -0.2) is 4.79 Å². The number of rotatable bonds is 21. The van der Waals surface area contributed by atoms with Crippen LogP contribution in [0.3, 0.4) is 0 Å². The Bertz CT molecular complexity index is 1170. The maximum Gasteiger partial charge on any atom is 0.343 e. The average molecular weight is 593 g/mol. The van der Waals surface area contributed by atoms with Gasteiger partial charge in [-0.2, -0.15) is 0 Å². The minimum atomic E-state index is -0.571. The van der Waals surface area contributed by atoms with Gasteiger partial charge in [-0.05, 0) is 85.3 Å². The Hall–Kier alpha value is -3.39. The molecule has 43 heavy (non-hydrogen) atoms. The number of carbonyl (C=O) groups excluding carboxylic acids is 1. The second-order valence-electron chi connectivity index (χ2n) is 11.3. The van der Waals surface area contributed by atoms with E-state index in [4.69, 9.17) is 18.9 Å². The van der Waals surface area contributed by atoms with Gasteiger partial charge in [-0.1, -0.05) is 63.8 Å². The van der Waals surface area contributed by atoms with Gasteiger partial charge in [-0.3, -0.25) is 0 Å². The molecule has 0 aromatic heterocycles. The molecule has 0 aliphatic carbocycles. The summed E-state index contributed by atoms with van der Waals surface area (Å²) in [4.78, 5) is 12.6. The molecule has 0 saturated heterocycles. The summed E-state index contributed by atoms with van der Waals surface area (Å²) in [6.45, 7) is 6.15. The van der Waals surface area contributed by atoms with Gasteiger partial charge in [0, 0.05) is 12.0 Å². The summed E-state index contributed by atoms with van der Waals surface area (Å²) in [7, 11) is 0. The molecule has 3 aromatic carbocycles. The van der Waals surface area contributed by atoms with E-state index in [2.05, 4.69) is 6.92 Å². The lowest BCUT2D eigenvalue weighted by molar-refractivity contribution is -0.0169. The predicted molar refractivity (Wildman–Crippen MR) is 170 cm³/mol. The zero-order chi connectivity index (χ0) is 30.8. The van der Waals surface area contributed by atoms with Crippen molar-refractivity contribution in [2.45, 2.75) is 65.2 Å². The number of aliphatic hydroxyl groups excluding tert-OH is 2. The molecule has 0 heterocycles. The van der Waals surface area contributed by atoms with E-state index in [0.717, 1.165) is 54.7 Å². The molecule has 0 spiro atoms. The molecule has 234 valence electrons. The largest absolute Gasteiger partial charge is 0.494 e. The molecular formula is C36H48O7. The Balaban J connectivity index is 1.33. The van der Waals surface area contributed by atoms with E-state index in [9.17, 15) is 15.0 Å². The lowest BCUT2D eigenvalue weighted by atomic mass is 9.95. The molecule has 0 radical (unpaired) electrons. The van der Waals surface area contributed by atoms with E-state index >= 15 is 0 Å². The Labute approximate surface area is 256 Å². The highest BCUT2D eigenvalue weighted by Gasteiger charge is 2.22. The standard InChI is InChI=1S/C36H48O7/c1-3-4-5-9-24-41-33-19-15-31(16-20-33)35(39)43-34-21-13-30(14-22-34)29-11-17-32(18-12-29)42-25-10-7-6-8-23-40-28-36(2,26-37)27-38/h11-22,37-38H,3-10,23-28H2,1-2H3. The predicted octanol–water partition coefficient (Wildman–Crippen LogP) is 7.48. The van der Waals surface area contributed by atoms with Crippen molar-refractivity contribution in [3.05, 3.63) is 78.4 Å². The molecule has 0 bridgehead atoms. The van der Waals surface area contributed by atoms with Crippen LogP contribution in [0.2, 0.25) is 0 Å².